The van der Waals surface area contributed by atoms with Crippen LogP contribution in [0.4, 0.5) is 4.39 Å². The van der Waals surface area contributed by atoms with Gasteiger partial charge in [-0.2, -0.15) is 0 Å². The fourth-order valence-corrected chi connectivity index (χ4v) is 1.92. The maximum Gasteiger partial charge on any atom is 0.166 e. The summed E-state index contributed by atoms with van der Waals surface area (Å²) in [6.45, 7) is 1.79. The Balaban J connectivity index is 2.91. The molecule has 0 aliphatic carbocycles. The van der Waals surface area contributed by atoms with Gasteiger partial charge in [-0.1, -0.05) is 15.9 Å². The van der Waals surface area contributed by atoms with Crippen LogP contribution in [-0.2, 0) is 0 Å². The summed E-state index contributed by atoms with van der Waals surface area (Å²) in [4.78, 5) is 13.4. The zero-order chi connectivity index (χ0) is 10.3. The van der Waals surface area contributed by atoms with E-state index < -0.39 is 0 Å². The van der Waals surface area contributed by atoms with Crippen molar-refractivity contribution in [2.45, 2.75) is 6.92 Å². The van der Waals surface area contributed by atoms with E-state index in [1.807, 2.05) is 0 Å². The van der Waals surface area contributed by atoms with Crippen molar-refractivity contribution in [3.63, 3.8) is 0 Å². The average molecular weight is 256 g/mol. The highest BCUT2D eigenvalue weighted by atomic mass is 79.9. The molecule has 4 heteroatoms. The highest BCUT2D eigenvalue weighted by molar-refractivity contribution is 9.10. The molecule has 0 aliphatic rings. The molecule has 1 aromatic heterocycles. The molecule has 72 valence electrons. The first-order chi connectivity index (χ1) is 6.63. The number of hydrogen-bond donors (Lipinski definition) is 1. The highest BCUT2D eigenvalue weighted by Gasteiger charge is 2.10. The molecule has 0 atom stereocenters. The molecule has 0 spiro atoms. The summed E-state index contributed by atoms with van der Waals surface area (Å²) in [7, 11) is 0. The van der Waals surface area contributed by atoms with E-state index in [0.717, 1.165) is 10.9 Å². The van der Waals surface area contributed by atoms with Gasteiger partial charge in [0.15, 0.2) is 6.29 Å². The minimum absolute atomic E-state index is 0.356. The van der Waals surface area contributed by atoms with Crippen molar-refractivity contribution in [3.05, 3.63) is 33.7 Å². The van der Waals surface area contributed by atoms with Gasteiger partial charge in [-0.05, 0) is 24.6 Å². The average Bonchev–Trinajstić information content (AvgIpc) is 2.44. The van der Waals surface area contributed by atoms with Crippen molar-refractivity contribution in [2.75, 3.05) is 0 Å². The van der Waals surface area contributed by atoms with Crippen LogP contribution < -0.4 is 0 Å². The topological polar surface area (TPSA) is 32.9 Å². The molecule has 2 aromatic rings. The van der Waals surface area contributed by atoms with Crippen molar-refractivity contribution in [3.8, 4) is 0 Å². The van der Waals surface area contributed by atoms with E-state index in [9.17, 15) is 9.18 Å². The van der Waals surface area contributed by atoms with Crippen LogP contribution in [0.5, 0.6) is 0 Å². The van der Waals surface area contributed by atoms with E-state index in [4.69, 9.17) is 0 Å². The largest absolute Gasteiger partial charge is 0.350 e. The molecule has 2 rings (SSSR count). The van der Waals surface area contributed by atoms with E-state index in [1.54, 1.807) is 13.0 Å². The second kappa shape index (κ2) is 3.20. The number of carbonyl (C=O) groups excluding carboxylic acids is 1. The van der Waals surface area contributed by atoms with E-state index >= 15 is 0 Å². The Labute approximate surface area is 88.2 Å². The molecule has 1 aromatic carbocycles. The summed E-state index contributed by atoms with van der Waals surface area (Å²) in [5.41, 5.74) is 1.58. The van der Waals surface area contributed by atoms with Gasteiger partial charge in [0.05, 0.1) is 11.2 Å². The van der Waals surface area contributed by atoms with E-state index in [2.05, 4.69) is 20.9 Å². The second-order valence-electron chi connectivity index (χ2n) is 3.09. The molecule has 0 radical (unpaired) electrons. The minimum Gasteiger partial charge on any atom is -0.350 e. The Bertz CT molecular complexity index is 518. The summed E-state index contributed by atoms with van der Waals surface area (Å²) >= 11 is 3.21. The number of aldehydes is 1. The number of aromatic amines is 1. The maximum atomic E-state index is 13.4. The van der Waals surface area contributed by atoms with Crippen LogP contribution in [0.25, 0.3) is 10.9 Å². The Morgan fingerprint density at radius 3 is 2.86 bits per heavy atom. The molecule has 0 saturated carbocycles. The van der Waals surface area contributed by atoms with E-state index in [0.29, 0.717) is 22.0 Å². The third kappa shape index (κ3) is 1.26. The minimum atomic E-state index is -0.356. The lowest BCUT2D eigenvalue weighted by Gasteiger charge is -1.95. The zero-order valence-electron chi connectivity index (χ0n) is 7.40. The highest BCUT2D eigenvalue weighted by Crippen LogP contribution is 2.26. The molecular weight excluding hydrogens is 249 g/mol. The predicted molar refractivity (Wildman–Crippen MR) is 56.1 cm³/mol. The number of benzene rings is 1. The normalized spacial score (nSPS) is 10.8. The van der Waals surface area contributed by atoms with E-state index in [-0.39, 0.29) is 5.82 Å². The number of carbonyl (C=O) groups is 1. The maximum absolute atomic E-state index is 13.4. The molecule has 1 heterocycles. The Morgan fingerprint density at radius 2 is 2.21 bits per heavy atom. The number of aromatic nitrogens is 1. The zero-order valence-corrected chi connectivity index (χ0v) is 8.98. The van der Waals surface area contributed by atoms with Crippen LogP contribution in [0.1, 0.15) is 16.1 Å². The summed E-state index contributed by atoms with van der Waals surface area (Å²) in [6.07, 6.45) is 0.697. The fraction of sp³-hybridized carbons (Fsp3) is 0.100. The first-order valence-electron chi connectivity index (χ1n) is 4.06. The number of halogens is 2. The van der Waals surface area contributed by atoms with Crippen molar-refractivity contribution in [1.29, 1.82) is 0 Å². The fourth-order valence-electron chi connectivity index (χ4n) is 1.49. The molecule has 0 fully saturated rings. The van der Waals surface area contributed by atoms with Crippen molar-refractivity contribution in [1.82, 2.24) is 4.98 Å². The number of H-pyrrole nitrogens is 1. The van der Waals surface area contributed by atoms with Gasteiger partial charge in [-0.3, -0.25) is 4.79 Å². The third-order valence-electron chi connectivity index (χ3n) is 2.24. The molecule has 2 nitrogen and oxygen atoms in total. The SMILES string of the molecule is Cc1c(C=O)[nH]c2c(F)cc(Br)cc12. The summed E-state index contributed by atoms with van der Waals surface area (Å²) < 4.78 is 14.1. The third-order valence-corrected chi connectivity index (χ3v) is 2.70. The van der Waals surface area contributed by atoms with Crippen LogP contribution in [0, 0.1) is 12.7 Å². The van der Waals surface area contributed by atoms with Crippen molar-refractivity contribution < 1.29 is 9.18 Å². The van der Waals surface area contributed by atoms with Crippen molar-refractivity contribution in [2.24, 2.45) is 0 Å². The molecule has 0 saturated heterocycles. The van der Waals surface area contributed by atoms with Gasteiger partial charge in [0, 0.05) is 9.86 Å². The Kier molecular flexibility index (Phi) is 2.15. The standard InChI is InChI=1S/C10H7BrFNO/c1-5-7-2-6(11)3-8(12)10(7)13-9(5)4-14/h2-4,13H,1H3. The number of nitrogens with one attached hydrogen (secondary N) is 1. The predicted octanol–water partition coefficient (Wildman–Crippen LogP) is 3.19. The Morgan fingerprint density at radius 1 is 1.50 bits per heavy atom. The van der Waals surface area contributed by atoms with E-state index in [1.165, 1.54) is 6.07 Å². The number of hydrogen-bond acceptors (Lipinski definition) is 1. The molecule has 1 N–H and O–H groups in total. The first kappa shape index (κ1) is 9.40. The molecule has 14 heavy (non-hydrogen) atoms. The number of fused-ring (bicyclic) bond motifs is 1. The van der Waals surface area contributed by atoms with Gasteiger partial charge in [0.1, 0.15) is 5.82 Å². The van der Waals surface area contributed by atoms with Gasteiger partial charge in [-0.15, -0.1) is 0 Å². The van der Waals surface area contributed by atoms with Gasteiger partial charge >= 0.3 is 0 Å². The Hall–Kier alpha value is -1.16. The summed E-state index contributed by atoms with van der Waals surface area (Å²) in [6, 6.07) is 3.16. The molecular formula is C10H7BrFNO. The molecule has 0 unspecified atom stereocenters. The number of rotatable bonds is 1. The second-order valence-corrected chi connectivity index (χ2v) is 4.01. The lowest BCUT2D eigenvalue weighted by Crippen LogP contribution is -1.80. The van der Waals surface area contributed by atoms with Gasteiger partial charge < -0.3 is 4.98 Å². The van der Waals surface area contributed by atoms with Gasteiger partial charge in [-0.25, -0.2) is 4.39 Å². The quantitative estimate of drug-likeness (QED) is 0.781. The molecule has 0 amide bonds. The van der Waals surface area contributed by atoms with Gasteiger partial charge in [0.2, 0.25) is 0 Å². The van der Waals surface area contributed by atoms with Gasteiger partial charge in [0.25, 0.3) is 0 Å². The monoisotopic (exact) mass is 255 g/mol. The lowest BCUT2D eigenvalue weighted by molar-refractivity contribution is 0.111. The van der Waals surface area contributed by atoms with Crippen LogP contribution in [-0.4, -0.2) is 11.3 Å². The molecule has 0 bridgehead atoms. The van der Waals surface area contributed by atoms with Crippen LogP contribution in [0.15, 0.2) is 16.6 Å². The molecule has 0 aliphatic heterocycles. The lowest BCUT2D eigenvalue weighted by atomic mass is 10.1. The van der Waals surface area contributed by atoms with Crippen LogP contribution in [0.2, 0.25) is 0 Å². The van der Waals surface area contributed by atoms with Crippen LogP contribution >= 0.6 is 15.9 Å². The first-order valence-corrected chi connectivity index (χ1v) is 4.85. The summed E-state index contributed by atoms with van der Waals surface area (Å²) in [5, 5.41) is 0.735. The summed E-state index contributed by atoms with van der Waals surface area (Å²) in [5.74, 6) is -0.356. The van der Waals surface area contributed by atoms with Crippen molar-refractivity contribution >= 4 is 33.1 Å². The smallest absolute Gasteiger partial charge is 0.166 e. The van der Waals surface area contributed by atoms with Crippen LogP contribution in [0.3, 0.4) is 0 Å². The number of aryl methyl sites for hydroxylation is 1.